The van der Waals surface area contributed by atoms with E-state index in [1.165, 1.54) is 23.8 Å². The minimum atomic E-state index is -0.806. The van der Waals surface area contributed by atoms with Gasteiger partial charge in [-0.15, -0.1) is 0 Å². The van der Waals surface area contributed by atoms with E-state index in [4.69, 9.17) is 16.6 Å². The molecular weight excluding hydrogens is 290 g/mol. The number of anilines is 1. The lowest BCUT2D eigenvalue weighted by Crippen LogP contribution is -2.25. The fourth-order valence-electron chi connectivity index (χ4n) is 1.40. The third-order valence-electron chi connectivity index (χ3n) is 2.61. The first kappa shape index (κ1) is 20.1. The normalized spacial score (nSPS) is 9.91. The molecule has 0 radical (unpaired) electrons. The lowest BCUT2D eigenvalue weighted by Gasteiger charge is -2.05. The Morgan fingerprint density at radius 1 is 1.22 bits per heavy atom. The van der Waals surface area contributed by atoms with Crippen molar-refractivity contribution in [2.75, 3.05) is 12.3 Å². The average molecular weight is 313 g/mol. The van der Waals surface area contributed by atoms with Crippen molar-refractivity contribution in [3.8, 4) is 0 Å². The lowest BCUT2D eigenvalue weighted by molar-refractivity contribution is -0.134. The molecule has 0 unspecified atom stereocenters. The Hall–Kier alpha value is -2.95. The second-order valence-corrected chi connectivity index (χ2v) is 4.44. The first-order chi connectivity index (χ1) is 10.9. The van der Waals surface area contributed by atoms with E-state index in [9.17, 15) is 4.79 Å². The number of ether oxygens (including phenoxy) is 1. The minimum Gasteiger partial charge on any atom is -0.461 e. The first-order valence-electron chi connectivity index (χ1n) is 6.99. The summed E-state index contributed by atoms with van der Waals surface area (Å²) in [7, 11) is 0. The zero-order valence-electron chi connectivity index (χ0n) is 13.6. The van der Waals surface area contributed by atoms with Gasteiger partial charge in [0.05, 0.1) is 12.3 Å². The zero-order chi connectivity index (χ0) is 17.8. The van der Waals surface area contributed by atoms with Crippen LogP contribution < -0.4 is 5.73 Å². The maximum Gasteiger partial charge on any atom is 0.358 e. The topological polar surface area (TPSA) is 100 Å². The summed E-state index contributed by atoms with van der Waals surface area (Å²) in [5.74, 6) is -0.806. The molecule has 1 aromatic rings. The molecule has 0 bridgehead atoms. The third-order valence-corrected chi connectivity index (χ3v) is 2.61. The highest BCUT2D eigenvalue weighted by Crippen LogP contribution is 2.02. The van der Waals surface area contributed by atoms with Crippen molar-refractivity contribution in [2.24, 2.45) is 0 Å². The smallest absolute Gasteiger partial charge is 0.358 e. The largest absolute Gasteiger partial charge is 0.461 e. The average Bonchev–Trinajstić information content (AvgIpc) is 2.54. The van der Waals surface area contributed by atoms with E-state index in [0.717, 1.165) is 5.69 Å². The Morgan fingerprint density at radius 3 is 2.17 bits per heavy atom. The van der Waals surface area contributed by atoms with Gasteiger partial charge < -0.3 is 10.5 Å². The number of nitrogens with two attached hydrogens (primary N) is 1. The summed E-state index contributed by atoms with van der Waals surface area (Å²) < 4.78 is 4.61. The molecule has 0 amide bonds. The molecule has 5 nitrogen and oxygen atoms in total. The van der Waals surface area contributed by atoms with Crippen molar-refractivity contribution in [1.29, 1.82) is 10.8 Å². The van der Waals surface area contributed by atoms with Gasteiger partial charge in [0.1, 0.15) is 0 Å². The van der Waals surface area contributed by atoms with Crippen LogP contribution in [-0.2, 0) is 9.53 Å². The predicted molar refractivity (Wildman–Crippen MR) is 96.2 cm³/mol. The Labute approximate surface area is 137 Å². The molecule has 0 saturated heterocycles. The molecule has 23 heavy (non-hydrogen) atoms. The van der Waals surface area contributed by atoms with Gasteiger partial charge in [0.2, 0.25) is 0 Å². The molecule has 0 aliphatic heterocycles. The summed E-state index contributed by atoms with van der Waals surface area (Å²) in [6.07, 6.45) is 4.35. The fourth-order valence-corrected chi connectivity index (χ4v) is 1.40. The second-order valence-electron chi connectivity index (χ2n) is 4.44. The van der Waals surface area contributed by atoms with E-state index in [-0.39, 0.29) is 12.3 Å². The molecule has 0 atom stereocenters. The number of nitrogens with one attached hydrogen (secondary N) is 2. The molecule has 4 N–H and O–H groups in total. The van der Waals surface area contributed by atoms with Crippen molar-refractivity contribution in [2.45, 2.75) is 13.8 Å². The maximum atomic E-state index is 11.1. The molecule has 0 spiro atoms. The summed E-state index contributed by atoms with van der Waals surface area (Å²) >= 11 is 0. The lowest BCUT2D eigenvalue weighted by atomic mass is 10.1. The molecule has 1 rings (SSSR count). The van der Waals surface area contributed by atoms with E-state index < -0.39 is 11.7 Å². The molecule has 1 aromatic carbocycles. The van der Waals surface area contributed by atoms with Crippen molar-refractivity contribution in [1.82, 2.24) is 0 Å². The highest BCUT2D eigenvalue weighted by molar-refractivity contribution is 6.67. The molecule has 0 heterocycles. The quantitative estimate of drug-likeness (QED) is 0.324. The van der Waals surface area contributed by atoms with E-state index in [1.807, 2.05) is 31.2 Å². The molecule has 0 aromatic heterocycles. The van der Waals surface area contributed by atoms with Gasteiger partial charge >= 0.3 is 5.97 Å². The number of carbonyl (C=O) groups excluding carboxylic acids is 1. The summed E-state index contributed by atoms with van der Waals surface area (Å²) in [5, 5.41) is 14.9. The van der Waals surface area contributed by atoms with Crippen LogP contribution in [0.1, 0.15) is 12.5 Å². The minimum absolute atomic E-state index is 0.184. The molecule has 122 valence electrons. The van der Waals surface area contributed by atoms with Crippen LogP contribution in [0.5, 0.6) is 0 Å². The van der Waals surface area contributed by atoms with Crippen LogP contribution in [0.2, 0.25) is 0 Å². The fraction of sp³-hybridized carbons (Fsp3) is 0.167. The van der Waals surface area contributed by atoms with Gasteiger partial charge in [-0.3, -0.25) is 10.8 Å². The number of nitrogen functional groups attached to an aromatic ring is 1. The van der Waals surface area contributed by atoms with Crippen LogP contribution in [-0.4, -0.2) is 24.0 Å². The van der Waals surface area contributed by atoms with Crippen molar-refractivity contribution in [3.05, 3.63) is 66.8 Å². The second kappa shape index (κ2) is 10.7. The summed E-state index contributed by atoms with van der Waals surface area (Å²) in [4.78, 5) is 11.1. The van der Waals surface area contributed by atoms with Gasteiger partial charge in [0, 0.05) is 11.3 Å². The molecule has 5 heteroatoms. The molecular formula is C18H23N3O2. The Balaban J connectivity index is 0.000000502. The van der Waals surface area contributed by atoms with Gasteiger partial charge in [-0.25, -0.2) is 4.79 Å². The summed E-state index contributed by atoms with van der Waals surface area (Å²) in [6, 6.07) is 7.79. The maximum absolute atomic E-state index is 11.1. The van der Waals surface area contributed by atoms with Crippen LogP contribution in [0.3, 0.4) is 0 Å². The van der Waals surface area contributed by atoms with Crippen molar-refractivity contribution in [3.63, 3.8) is 0 Å². The van der Waals surface area contributed by atoms with Gasteiger partial charge in [-0.1, -0.05) is 49.1 Å². The standard InChI is InChI=1S/C11H14N2O2.C7H9N/c1-4-7-8(5-2)9(12)10(13)11(14)15-6-3;1-6-2-4-7(8)5-3-6/h4-5,7,12-13H,1-2,6H2,3H3;2-5H,8H2,1H3/b8-7+,12-9?,13-10?;. The molecule has 0 aliphatic carbocycles. The Bertz CT molecular complexity index is 593. The number of allylic oxidation sites excluding steroid dienone is 4. The van der Waals surface area contributed by atoms with Crippen LogP contribution in [0.4, 0.5) is 5.69 Å². The van der Waals surface area contributed by atoms with Crippen molar-refractivity contribution < 1.29 is 9.53 Å². The van der Waals surface area contributed by atoms with Crippen molar-refractivity contribution >= 4 is 23.1 Å². The van der Waals surface area contributed by atoms with E-state index in [1.54, 1.807) is 6.92 Å². The van der Waals surface area contributed by atoms with Gasteiger partial charge in [-0.2, -0.15) is 0 Å². The predicted octanol–water partition coefficient (Wildman–Crippen LogP) is 3.46. The number of benzene rings is 1. The molecule has 0 fully saturated rings. The van der Waals surface area contributed by atoms with Crippen LogP contribution in [0, 0.1) is 17.7 Å². The van der Waals surface area contributed by atoms with E-state index in [2.05, 4.69) is 17.9 Å². The van der Waals surface area contributed by atoms with Gasteiger partial charge in [0.15, 0.2) is 5.71 Å². The number of hydrogen-bond donors (Lipinski definition) is 3. The summed E-state index contributed by atoms with van der Waals surface area (Å²) in [5.41, 5.74) is 7.17. The van der Waals surface area contributed by atoms with Crippen LogP contribution in [0.25, 0.3) is 0 Å². The van der Waals surface area contributed by atoms with E-state index >= 15 is 0 Å². The monoisotopic (exact) mass is 313 g/mol. The number of hydrogen-bond acceptors (Lipinski definition) is 5. The highest BCUT2D eigenvalue weighted by atomic mass is 16.5. The third kappa shape index (κ3) is 7.57. The number of rotatable bonds is 6. The zero-order valence-corrected chi connectivity index (χ0v) is 13.6. The van der Waals surface area contributed by atoms with Crippen LogP contribution in [0.15, 0.2) is 61.2 Å². The summed E-state index contributed by atoms with van der Waals surface area (Å²) in [6.45, 7) is 10.8. The SMILES string of the molecule is C=C/C=C(\C=C)C(=N)C(=N)C(=O)OCC.Cc1ccc(N)cc1. The van der Waals surface area contributed by atoms with Gasteiger partial charge in [-0.05, 0) is 26.0 Å². The Morgan fingerprint density at radius 2 is 1.78 bits per heavy atom. The van der Waals surface area contributed by atoms with E-state index in [0.29, 0.717) is 5.57 Å². The Kier molecular flexibility index (Phi) is 9.35. The highest BCUT2D eigenvalue weighted by Gasteiger charge is 2.17. The van der Waals surface area contributed by atoms with Crippen LogP contribution >= 0.6 is 0 Å². The molecule has 0 aliphatic rings. The molecule has 0 saturated carbocycles. The number of carbonyl (C=O) groups is 1. The van der Waals surface area contributed by atoms with Gasteiger partial charge in [0.25, 0.3) is 0 Å². The number of aryl methyl sites for hydroxylation is 1. The first-order valence-corrected chi connectivity index (χ1v) is 6.99. The number of esters is 1.